The number of nitrogens with one attached hydrogen (secondary N) is 1. The topological polar surface area (TPSA) is 90.7 Å². The summed E-state index contributed by atoms with van der Waals surface area (Å²) in [6.07, 6.45) is 0.827. The van der Waals surface area contributed by atoms with Crippen molar-refractivity contribution in [1.29, 1.82) is 0 Å². The monoisotopic (exact) mass is 328 g/mol. The second-order valence-corrected chi connectivity index (χ2v) is 5.28. The fraction of sp³-hybridized carbons (Fsp3) is 0.235. The molecule has 7 nitrogen and oxygen atoms in total. The molecule has 1 heterocycles. The van der Waals surface area contributed by atoms with E-state index >= 15 is 0 Å². The third kappa shape index (κ3) is 3.15. The van der Waals surface area contributed by atoms with Gasteiger partial charge < -0.3 is 14.8 Å². The highest BCUT2D eigenvalue weighted by molar-refractivity contribution is 6.07. The van der Waals surface area contributed by atoms with Gasteiger partial charge in [0.15, 0.2) is 11.5 Å². The van der Waals surface area contributed by atoms with Crippen molar-refractivity contribution in [3.63, 3.8) is 0 Å². The van der Waals surface area contributed by atoms with Gasteiger partial charge in [0.05, 0.1) is 11.0 Å². The number of nitrogens with zero attached hydrogens (tertiary/aromatic N) is 1. The van der Waals surface area contributed by atoms with E-state index in [0.717, 1.165) is 12.0 Å². The summed E-state index contributed by atoms with van der Waals surface area (Å²) in [6.45, 7) is 2.66. The van der Waals surface area contributed by atoms with Crippen molar-refractivity contribution in [2.24, 2.45) is 0 Å². The molecule has 3 rings (SSSR count). The standard InChI is InChI=1S/C17H16N2O5/c1-2-11-4-3-5-12(8-11)18-17(20)13-9-15-16(24-7-6-23-15)10-14(13)19(21)22/h3-5,8-10H,2,6-7H2,1H3,(H,18,20). The van der Waals surface area contributed by atoms with Crippen LogP contribution in [-0.4, -0.2) is 24.0 Å². The molecular weight excluding hydrogens is 312 g/mol. The molecule has 1 amide bonds. The average Bonchev–Trinajstić information content (AvgIpc) is 2.60. The molecule has 0 aromatic heterocycles. The Labute approximate surface area is 138 Å². The number of nitro groups is 1. The van der Waals surface area contributed by atoms with Gasteiger partial charge in [-0.1, -0.05) is 19.1 Å². The minimum Gasteiger partial charge on any atom is -0.486 e. The lowest BCUT2D eigenvalue weighted by Crippen LogP contribution is -2.18. The van der Waals surface area contributed by atoms with E-state index in [2.05, 4.69) is 5.32 Å². The van der Waals surface area contributed by atoms with E-state index in [9.17, 15) is 14.9 Å². The number of benzene rings is 2. The molecule has 1 N–H and O–H groups in total. The maximum Gasteiger partial charge on any atom is 0.286 e. The first-order valence-corrected chi connectivity index (χ1v) is 7.57. The number of carbonyl (C=O) groups is 1. The Morgan fingerprint density at radius 3 is 2.58 bits per heavy atom. The molecule has 0 atom stereocenters. The Balaban J connectivity index is 1.94. The lowest BCUT2D eigenvalue weighted by atomic mass is 10.1. The van der Waals surface area contributed by atoms with Crippen molar-refractivity contribution < 1.29 is 19.2 Å². The largest absolute Gasteiger partial charge is 0.486 e. The quantitative estimate of drug-likeness (QED) is 0.687. The van der Waals surface area contributed by atoms with Crippen LogP contribution in [0.5, 0.6) is 11.5 Å². The number of hydrogen-bond donors (Lipinski definition) is 1. The summed E-state index contributed by atoms with van der Waals surface area (Å²) in [6, 6.07) is 9.93. The minimum absolute atomic E-state index is 0.0637. The average molecular weight is 328 g/mol. The van der Waals surface area contributed by atoms with E-state index in [1.54, 1.807) is 6.07 Å². The van der Waals surface area contributed by atoms with Gasteiger partial charge in [0.1, 0.15) is 18.8 Å². The zero-order valence-corrected chi connectivity index (χ0v) is 13.1. The van der Waals surface area contributed by atoms with E-state index in [4.69, 9.17) is 9.47 Å². The van der Waals surface area contributed by atoms with Crippen LogP contribution >= 0.6 is 0 Å². The predicted molar refractivity (Wildman–Crippen MR) is 87.9 cm³/mol. The van der Waals surface area contributed by atoms with Crippen molar-refractivity contribution in [3.05, 3.63) is 57.6 Å². The van der Waals surface area contributed by atoms with Gasteiger partial charge in [-0.05, 0) is 24.1 Å². The molecule has 2 aromatic rings. The van der Waals surface area contributed by atoms with Gasteiger partial charge in [-0.2, -0.15) is 0 Å². The number of anilines is 1. The van der Waals surface area contributed by atoms with Gasteiger partial charge in [-0.3, -0.25) is 14.9 Å². The molecule has 24 heavy (non-hydrogen) atoms. The lowest BCUT2D eigenvalue weighted by Gasteiger charge is -2.19. The van der Waals surface area contributed by atoms with Gasteiger partial charge in [0.25, 0.3) is 11.6 Å². The molecule has 0 radical (unpaired) electrons. The second-order valence-electron chi connectivity index (χ2n) is 5.28. The summed E-state index contributed by atoms with van der Waals surface area (Å²) < 4.78 is 10.7. The highest BCUT2D eigenvalue weighted by Gasteiger charge is 2.26. The molecule has 124 valence electrons. The third-order valence-electron chi connectivity index (χ3n) is 3.69. The van der Waals surface area contributed by atoms with Crippen molar-refractivity contribution >= 4 is 17.3 Å². The maximum absolute atomic E-state index is 12.5. The summed E-state index contributed by atoms with van der Waals surface area (Å²) in [5.74, 6) is 0.0451. The van der Waals surface area contributed by atoms with Crippen LogP contribution in [0.2, 0.25) is 0 Å². The van der Waals surface area contributed by atoms with Crippen molar-refractivity contribution in [1.82, 2.24) is 0 Å². The molecule has 1 aliphatic rings. The fourth-order valence-electron chi connectivity index (χ4n) is 2.48. The van der Waals surface area contributed by atoms with E-state index in [1.165, 1.54) is 12.1 Å². The van der Waals surface area contributed by atoms with Gasteiger partial charge in [0.2, 0.25) is 0 Å². The van der Waals surface area contributed by atoms with Gasteiger partial charge >= 0.3 is 0 Å². The molecule has 0 bridgehead atoms. The molecule has 2 aromatic carbocycles. The number of fused-ring (bicyclic) bond motifs is 1. The first-order valence-electron chi connectivity index (χ1n) is 7.57. The summed E-state index contributed by atoms with van der Waals surface area (Å²) in [5, 5.41) is 14.0. The zero-order chi connectivity index (χ0) is 17.1. The minimum atomic E-state index is -0.602. The number of nitro benzene ring substituents is 1. The van der Waals surface area contributed by atoms with Crippen LogP contribution in [0.4, 0.5) is 11.4 Å². The molecule has 0 saturated heterocycles. The number of hydrogen-bond acceptors (Lipinski definition) is 5. The van der Waals surface area contributed by atoms with Crippen molar-refractivity contribution in [3.8, 4) is 11.5 Å². The van der Waals surface area contributed by atoms with E-state index in [-0.39, 0.29) is 17.0 Å². The number of rotatable bonds is 4. The number of ether oxygens (including phenoxy) is 2. The molecule has 1 aliphatic heterocycles. The van der Waals surface area contributed by atoms with Crippen LogP contribution in [0.3, 0.4) is 0 Å². The number of amides is 1. The van der Waals surface area contributed by atoms with Crippen LogP contribution in [-0.2, 0) is 6.42 Å². The van der Waals surface area contributed by atoms with Gasteiger partial charge in [-0.15, -0.1) is 0 Å². The van der Waals surface area contributed by atoms with Crippen molar-refractivity contribution in [2.75, 3.05) is 18.5 Å². The Hall–Kier alpha value is -3.09. The normalized spacial score (nSPS) is 12.5. The number of aryl methyl sites for hydroxylation is 1. The molecular formula is C17H16N2O5. The molecule has 0 spiro atoms. The Morgan fingerprint density at radius 1 is 1.21 bits per heavy atom. The number of carbonyl (C=O) groups excluding carboxylic acids is 1. The lowest BCUT2D eigenvalue weighted by molar-refractivity contribution is -0.385. The highest BCUT2D eigenvalue weighted by Crippen LogP contribution is 2.36. The first kappa shape index (κ1) is 15.8. The van der Waals surface area contributed by atoms with E-state index in [1.807, 2.05) is 25.1 Å². The van der Waals surface area contributed by atoms with E-state index < -0.39 is 10.8 Å². The van der Waals surface area contributed by atoms with Gasteiger partial charge in [-0.25, -0.2) is 0 Å². The SMILES string of the molecule is CCc1cccc(NC(=O)c2cc3c(cc2[N+](=O)[O-])OCCO3)c1. The van der Waals surface area contributed by atoms with Gasteiger partial charge in [0, 0.05) is 11.8 Å². The van der Waals surface area contributed by atoms with E-state index in [0.29, 0.717) is 24.7 Å². The molecule has 0 aliphatic carbocycles. The summed E-state index contributed by atoms with van der Waals surface area (Å²) in [4.78, 5) is 23.2. The molecule has 7 heteroatoms. The summed E-state index contributed by atoms with van der Waals surface area (Å²) in [5.41, 5.74) is 1.27. The smallest absolute Gasteiger partial charge is 0.286 e. The molecule has 0 unspecified atom stereocenters. The van der Waals surface area contributed by atoms with Crippen LogP contribution in [0.25, 0.3) is 0 Å². The maximum atomic E-state index is 12.5. The van der Waals surface area contributed by atoms with Crippen molar-refractivity contribution in [2.45, 2.75) is 13.3 Å². The zero-order valence-electron chi connectivity index (χ0n) is 13.1. The molecule has 0 fully saturated rings. The van der Waals surface area contributed by atoms with Crippen LogP contribution < -0.4 is 14.8 Å². The van der Waals surface area contributed by atoms with Crippen LogP contribution in [0.15, 0.2) is 36.4 Å². The highest BCUT2D eigenvalue weighted by atomic mass is 16.6. The van der Waals surface area contributed by atoms with Crippen LogP contribution in [0, 0.1) is 10.1 Å². The Kier molecular flexibility index (Phi) is 4.33. The summed E-state index contributed by atoms with van der Waals surface area (Å²) in [7, 11) is 0. The first-order chi connectivity index (χ1) is 11.6. The predicted octanol–water partition coefficient (Wildman–Crippen LogP) is 3.18. The second kappa shape index (κ2) is 6.57. The Morgan fingerprint density at radius 2 is 1.92 bits per heavy atom. The third-order valence-corrected chi connectivity index (χ3v) is 3.69. The Bertz CT molecular complexity index is 804. The fourth-order valence-corrected chi connectivity index (χ4v) is 2.48. The molecule has 0 saturated carbocycles. The van der Waals surface area contributed by atoms with Crippen LogP contribution in [0.1, 0.15) is 22.8 Å². The summed E-state index contributed by atoms with van der Waals surface area (Å²) >= 11 is 0.